The predicted octanol–water partition coefficient (Wildman–Crippen LogP) is 2.73. The van der Waals surface area contributed by atoms with E-state index >= 15 is 0 Å². The zero-order valence-electron chi connectivity index (χ0n) is 11.5. The molecule has 23 heavy (non-hydrogen) atoms. The number of hydrogen-bond donors (Lipinski definition) is 0. The van der Waals surface area contributed by atoms with E-state index in [0.717, 1.165) is 22.9 Å². The molecule has 0 fully saturated rings. The van der Waals surface area contributed by atoms with Gasteiger partial charge in [-0.15, -0.1) is 20.4 Å². The van der Waals surface area contributed by atoms with E-state index in [1.54, 1.807) is 49.1 Å². The van der Waals surface area contributed by atoms with Crippen LogP contribution in [-0.4, -0.2) is 30.4 Å². The molecule has 112 valence electrons. The van der Waals surface area contributed by atoms with Crippen LogP contribution in [0.15, 0.2) is 68.3 Å². The first-order chi connectivity index (χ1) is 11.4. The smallest absolute Gasteiger partial charge is 0.286 e. The fraction of sp³-hybridized carbons (Fsp3) is 0. The van der Waals surface area contributed by atoms with Crippen LogP contribution in [-0.2, 0) is 0 Å². The molecular formula is C14H8N6O2S. The van der Waals surface area contributed by atoms with Crippen molar-refractivity contribution in [2.75, 3.05) is 0 Å². The van der Waals surface area contributed by atoms with Crippen LogP contribution >= 0.6 is 11.8 Å². The summed E-state index contributed by atoms with van der Waals surface area (Å²) in [4.78, 5) is 7.89. The van der Waals surface area contributed by atoms with Crippen LogP contribution < -0.4 is 0 Å². The summed E-state index contributed by atoms with van der Waals surface area (Å²) in [6, 6.07) is 7.15. The molecule has 0 aliphatic carbocycles. The molecular weight excluding hydrogens is 316 g/mol. The Morgan fingerprint density at radius 3 is 1.48 bits per heavy atom. The van der Waals surface area contributed by atoms with E-state index in [1.807, 2.05) is 0 Å². The Balaban J connectivity index is 1.53. The van der Waals surface area contributed by atoms with Gasteiger partial charge in [0.1, 0.15) is 0 Å². The third-order valence-electron chi connectivity index (χ3n) is 2.84. The molecule has 0 atom stereocenters. The predicted molar refractivity (Wildman–Crippen MR) is 79.2 cm³/mol. The Bertz CT molecular complexity index is 833. The molecule has 0 saturated carbocycles. The number of pyridine rings is 2. The molecule has 4 rings (SSSR count). The topological polar surface area (TPSA) is 104 Å². The fourth-order valence-electron chi connectivity index (χ4n) is 1.80. The molecule has 0 aliphatic rings. The highest BCUT2D eigenvalue weighted by Gasteiger charge is 2.15. The van der Waals surface area contributed by atoms with Gasteiger partial charge < -0.3 is 8.83 Å². The number of aromatic nitrogens is 6. The monoisotopic (exact) mass is 324 g/mol. The van der Waals surface area contributed by atoms with Crippen LogP contribution in [0.25, 0.3) is 22.9 Å². The Morgan fingerprint density at radius 2 is 1.04 bits per heavy atom. The molecule has 9 heteroatoms. The first-order valence-electron chi connectivity index (χ1n) is 6.54. The molecule has 0 amide bonds. The average Bonchev–Trinajstić information content (AvgIpc) is 3.27. The van der Waals surface area contributed by atoms with Crippen LogP contribution in [0.1, 0.15) is 0 Å². The zero-order valence-corrected chi connectivity index (χ0v) is 12.3. The molecule has 0 bridgehead atoms. The summed E-state index contributed by atoms with van der Waals surface area (Å²) in [5.74, 6) is 0.813. The molecule has 0 aromatic carbocycles. The first kappa shape index (κ1) is 13.6. The van der Waals surface area contributed by atoms with Gasteiger partial charge in [-0.1, -0.05) is 0 Å². The lowest BCUT2D eigenvalue weighted by Crippen LogP contribution is -1.77. The standard InChI is InChI=1S/C14H8N6O2S/c1-5-15-6-2-9(1)11-17-19-13(21-11)23-14-20-18-12(22-14)10-3-7-16-8-4-10/h1-8H. The third-order valence-corrected chi connectivity index (χ3v) is 3.52. The quantitative estimate of drug-likeness (QED) is 0.560. The van der Waals surface area contributed by atoms with Gasteiger partial charge in [-0.05, 0) is 24.3 Å². The van der Waals surface area contributed by atoms with Crippen molar-refractivity contribution in [2.24, 2.45) is 0 Å². The molecule has 0 aliphatic heterocycles. The van der Waals surface area contributed by atoms with Gasteiger partial charge in [-0.25, -0.2) is 0 Å². The van der Waals surface area contributed by atoms with Crippen molar-refractivity contribution in [2.45, 2.75) is 10.4 Å². The van der Waals surface area contributed by atoms with Crippen LogP contribution in [0.2, 0.25) is 0 Å². The van der Waals surface area contributed by atoms with E-state index in [0.29, 0.717) is 22.2 Å². The Morgan fingerprint density at radius 1 is 0.609 bits per heavy atom. The molecule has 4 heterocycles. The van der Waals surface area contributed by atoms with Crippen molar-refractivity contribution in [3.8, 4) is 22.9 Å². The van der Waals surface area contributed by atoms with Gasteiger partial charge in [0.05, 0.1) is 0 Å². The lowest BCUT2D eigenvalue weighted by Gasteiger charge is -1.92. The van der Waals surface area contributed by atoms with Gasteiger partial charge in [0.25, 0.3) is 10.4 Å². The summed E-state index contributed by atoms with van der Waals surface area (Å²) in [6.45, 7) is 0. The summed E-state index contributed by atoms with van der Waals surface area (Å²) >= 11 is 1.11. The van der Waals surface area contributed by atoms with Gasteiger partial charge in [0, 0.05) is 47.7 Å². The fourth-order valence-corrected chi connectivity index (χ4v) is 2.35. The summed E-state index contributed by atoms with van der Waals surface area (Å²) in [6.07, 6.45) is 6.63. The summed E-state index contributed by atoms with van der Waals surface area (Å²) < 4.78 is 11.1. The molecule has 0 N–H and O–H groups in total. The largest absolute Gasteiger partial charge is 0.411 e. The van der Waals surface area contributed by atoms with E-state index in [9.17, 15) is 0 Å². The van der Waals surface area contributed by atoms with Crippen molar-refractivity contribution >= 4 is 11.8 Å². The van der Waals surface area contributed by atoms with Crippen molar-refractivity contribution in [3.05, 3.63) is 49.1 Å². The normalized spacial score (nSPS) is 10.8. The SMILES string of the molecule is c1cc(-c2nnc(Sc3nnc(-c4ccncc4)o3)o2)ccn1. The highest BCUT2D eigenvalue weighted by Crippen LogP contribution is 2.29. The lowest BCUT2D eigenvalue weighted by atomic mass is 10.3. The van der Waals surface area contributed by atoms with Crippen LogP contribution in [0.4, 0.5) is 0 Å². The van der Waals surface area contributed by atoms with Crippen molar-refractivity contribution in [1.82, 2.24) is 30.4 Å². The van der Waals surface area contributed by atoms with Crippen LogP contribution in [0.5, 0.6) is 0 Å². The van der Waals surface area contributed by atoms with Crippen LogP contribution in [0, 0.1) is 0 Å². The van der Waals surface area contributed by atoms with Crippen molar-refractivity contribution in [1.29, 1.82) is 0 Å². The first-order valence-corrected chi connectivity index (χ1v) is 7.36. The second-order valence-corrected chi connectivity index (χ2v) is 5.22. The number of rotatable bonds is 4. The van der Waals surface area contributed by atoms with E-state index < -0.39 is 0 Å². The van der Waals surface area contributed by atoms with Gasteiger partial charge in [-0.3, -0.25) is 9.97 Å². The van der Waals surface area contributed by atoms with Gasteiger partial charge >= 0.3 is 0 Å². The lowest BCUT2D eigenvalue weighted by molar-refractivity contribution is 0.443. The Hall–Kier alpha value is -3.07. The molecule has 0 unspecified atom stereocenters. The van der Waals surface area contributed by atoms with Gasteiger partial charge in [0.2, 0.25) is 11.8 Å². The maximum absolute atomic E-state index is 5.56. The molecule has 0 radical (unpaired) electrons. The van der Waals surface area contributed by atoms with Crippen LogP contribution in [0.3, 0.4) is 0 Å². The molecule has 4 aromatic heterocycles. The minimum Gasteiger partial charge on any atom is -0.411 e. The highest BCUT2D eigenvalue weighted by atomic mass is 32.2. The van der Waals surface area contributed by atoms with E-state index in [2.05, 4.69) is 30.4 Å². The average molecular weight is 324 g/mol. The summed E-state index contributed by atoms with van der Waals surface area (Å²) in [5.41, 5.74) is 1.59. The Labute approximate surface area is 134 Å². The van der Waals surface area contributed by atoms with Gasteiger partial charge in [0.15, 0.2) is 0 Å². The van der Waals surface area contributed by atoms with E-state index in [4.69, 9.17) is 8.83 Å². The second-order valence-electron chi connectivity index (χ2n) is 4.32. The molecule has 8 nitrogen and oxygen atoms in total. The maximum atomic E-state index is 5.56. The summed E-state index contributed by atoms with van der Waals surface area (Å²) in [5, 5.41) is 16.5. The maximum Gasteiger partial charge on any atom is 0.286 e. The summed E-state index contributed by atoms with van der Waals surface area (Å²) in [7, 11) is 0. The van der Waals surface area contributed by atoms with Crippen molar-refractivity contribution < 1.29 is 8.83 Å². The molecule has 0 spiro atoms. The minimum atomic E-state index is 0.321. The third kappa shape index (κ3) is 2.94. The second kappa shape index (κ2) is 5.97. The number of hydrogen-bond acceptors (Lipinski definition) is 9. The number of nitrogens with zero attached hydrogens (tertiary/aromatic N) is 6. The van der Waals surface area contributed by atoms with Crippen molar-refractivity contribution in [3.63, 3.8) is 0 Å². The zero-order chi connectivity index (χ0) is 15.5. The Kier molecular flexibility index (Phi) is 3.53. The van der Waals surface area contributed by atoms with E-state index in [-0.39, 0.29) is 0 Å². The van der Waals surface area contributed by atoms with Gasteiger partial charge in [-0.2, -0.15) is 0 Å². The van der Waals surface area contributed by atoms with E-state index in [1.165, 1.54) is 0 Å². The highest BCUT2D eigenvalue weighted by molar-refractivity contribution is 7.98. The molecule has 0 saturated heterocycles. The molecule has 4 aromatic rings. The minimum absolute atomic E-state index is 0.321.